The van der Waals surface area contributed by atoms with Gasteiger partial charge in [0.25, 0.3) is 5.91 Å². The topological polar surface area (TPSA) is 90.5 Å². The number of aryl methyl sites for hydroxylation is 1. The van der Waals surface area contributed by atoms with Crippen molar-refractivity contribution >= 4 is 33.1 Å². The third-order valence-electron chi connectivity index (χ3n) is 5.53. The van der Waals surface area contributed by atoms with E-state index in [9.17, 15) is 4.79 Å². The van der Waals surface area contributed by atoms with Crippen LogP contribution >= 0.6 is 11.3 Å². The lowest BCUT2D eigenvalue weighted by Crippen LogP contribution is -2.10. The first-order chi connectivity index (χ1) is 15.7. The summed E-state index contributed by atoms with van der Waals surface area (Å²) in [5.41, 5.74) is 3.46. The van der Waals surface area contributed by atoms with Gasteiger partial charge in [-0.3, -0.25) is 4.79 Å². The highest BCUT2D eigenvalue weighted by molar-refractivity contribution is 7.20. The van der Waals surface area contributed by atoms with Crippen molar-refractivity contribution in [1.82, 2.24) is 30.0 Å². The number of carbonyl (C=O) groups excluding carboxylic acids is 1. The van der Waals surface area contributed by atoms with E-state index in [1.54, 1.807) is 0 Å². The van der Waals surface area contributed by atoms with Crippen molar-refractivity contribution in [1.29, 1.82) is 0 Å². The molecule has 1 saturated carbocycles. The van der Waals surface area contributed by atoms with Crippen LogP contribution in [0.3, 0.4) is 0 Å². The van der Waals surface area contributed by atoms with Crippen molar-refractivity contribution in [2.45, 2.75) is 25.8 Å². The summed E-state index contributed by atoms with van der Waals surface area (Å²) in [5.74, 6) is 0.577. The molecular weight excluding hydrogens is 422 g/mol. The molecule has 5 aromatic rings. The minimum Gasteiger partial charge on any atom is -0.321 e. The van der Waals surface area contributed by atoms with Gasteiger partial charge in [-0.25, -0.2) is 9.36 Å². The summed E-state index contributed by atoms with van der Waals surface area (Å²) in [5, 5.41) is 20.8. The number of para-hydroxylation sites is 1. The van der Waals surface area contributed by atoms with Gasteiger partial charge in [0.2, 0.25) is 0 Å². The van der Waals surface area contributed by atoms with Gasteiger partial charge in [-0.1, -0.05) is 30.3 Å². The zero-order valence-corrected chi connectivity index (χ0v) is 18.1. The molecule has 0 bridgehead atoms. The number of hydrogen-bond acceptors (Lipinski definition) is 6. The number of thiophene rings is 1. The Labute approximate surface area is 187 Å². The Hall–Kier alpha value is -3.85. The van der Waals surface area contributed by atoms with Crippen LogP contribution in [0.2, 0.25) is 0 Å². The third kappa shape index (κ3) is 3.27. The van der Waals surface area contributed by atoms with Crippen LogP contribution < -0.4 is 5.32 Å². The van der Waals surface area contributed by atoms with Crippen LogP contribution in [-0.2, 0) is 0 Å². The summed E-state index contributed by atoms with van der Waals surface area (Å²) in [4.78, 5) is 14.6. The molecule has 1 aliphatic carbocycles. The average Bonchev–Trinajstić information content (AvgIpc) is 3.24. The molecule has 0 atom stereocenters. The zero-order valence-electron chi connectivity index (χ0n) is 17.3. The molecule has 0 aliphatic heterocycles. The second-order valence-corrected chi connectivity index (χ2v) is 8.91. The Bertz CT molecular complexity index is 1450. The van der Waals surface area contributed by atoms with E-state index in [-0.39, 0.29) is 5.91 Å². The van der Waals surface area contributed by atoms with Crippen molar-refractivity contribution in [3.8, 4) is 17.1 Å². The molecule has 0 radical (unpaired) electrons. The Morgan fingerprint density at radius 2 is 1.94 bits per heavy atom. The van der Waals surface area contributed by atoms with Crippen LogP contribution in [0, 0.1) is 6.92 Å². The zero-order chi connectivity index (χ0) is 21.7. The minimum atomic E-state index is -0.149. The number of tetrazole rings is 1. The van der Waals surface area contributed by atoms with Crippen LogP contribution in [0.25, 0.3) is 27.3 Å². The van der Waals surface area contributed by atoms with Crippen molar-refractivity contribution in [2.24, 2.45) is 0 Å². The number of nitrogens with one attached hydrogen (secondary N) is 1. The van der Waals surface area contributed by atoms with Crippen LogP contribution in [0.15, 0.2) is 60.7 Å². The summed E-state index contributed by atoms with van der Waals surface area (Å²) < 4.78 is 3.76. The highest BCUT2D eigenvalue weighted by Gasteiger charge is 2.28. The highest BCUT2D eigenvalue weighted by atomic mass is 32.1. The van der Waals surface area contributed by atoms with Crippen molar-refractivity contribution in [3.63, 3.8) is 0 Å². The lowest BCUT2D eigenvalue weighted by molar-refractivity contribution is 0.103. The largest absolute Gasteiger partial charge is 0.321 e. The SMILES string of the molecule is Cc1nn(-c2ccccc2)c2sc(C(=O)Nc3cccc(-c4nnnn4C4CC4)c3)cc12. The quantitative estimate of drug-likeness (QED) is 0.429. The van der Waals surface area contributed by atoms with E-state index in [0.717, 1.165) is 45.8 Å². The second-order valence-electron chi connectivity index (χ2n) is 7.88. The molecule has 9 heteroatoms. The number of anilines is 1. The molecule has 158 valence electrons. The smallest absolute Gasteiger partial charge is 0.265 e. The van der Waals surface area contributed by atoms with E-state index in [2.05, 4.69) is 25.9 Å². The number of carbonyl (C=O) groups is 1. The van der Waals surface area contributed by atoms with E-state index in [1.807, 2.05) is 77.0 Å². The molecule has 0 saturated heterocycles. The monoisotopic (exact) mass is 441 g/mol. The Balaban J connectivity index is 1.29. The number of aromatic nitrogens is 6. The molecule has 1 N–H and O–H groups in total. The molecule has 0 unspecified atom stereocenters. The summed E-state index contributed by atoms with van der Waals surface area (Å²) in [7, 11) is 0. The molecule has 1 fully saturated rings. The Morgan fingerprint density at radius 1 is 1.09 bits per heavy atom. The molecule has 2 aromatic carbocycles. The van der Waals surface area contributed by atoms with Gasteiger partial charge in [-0.15, -0.1) is 16.4 Å². The van der Waals surface area contributed by atoms with Gasteiger partial charge in [0, 0.05) is 16.6 Å². The number of rotatable bonds is 5. The Morgan fingerprint density at radius 3 is 2.75 bits per heavy atom. The molecule has 8 nitrogen and oxygen atoms in total. The van der Waals surface area contributed by atoms with Crippen LogP contribution in [0.4, 0.5) is 5.69 Å². The molecular formula is C23H19N7OS. The maximum Gasteiger partial charge on any atom is 0.265 e. The molecule has 1 aliphatic rings. The number of nitrogens with zero attached hydrogens (tertiary/aromatic N) is 6. The van der Waals surface area contributed by atoms with Gasteiger partial charge in [-0.05, 0) is 60.5 Å². The second kappa shape index (κ2) is 7.38. The van der Waals surface area contributed by atoms with E-state index in [1.165, 1.54) is 11.3 Å². The van der Waals surface area contributed by atoms with E-state index in [4.69, 9.17) is 0 Å². The number of benzene rings is 2. The first kappa shape index (κ1) is 18.9. The lowest BCUT2D eigenvalue weighted by Gasteiger charge is -2.07. The van der Waals surface area contributed by atoms with E-state index >= 15 is 0 Å². The van der Waals surface area contributed by atoms with Crippen LogP contribution in [0.5, 0.6) is 0 Å². The minimum absolute atomic E-state index is 0.149. The van der Waals surface area contributed by atoms with Gasteiger partial charge in [-0.2, -0.15) is 5.10 Å². The van der Waals surface area contributed by atoms with Crippen LogP contribution in [0.1, 0.15) is 34.2 Å². The predicted molar refractivity (Wildman–Crippen MR) is 123 cm³/mol. The molecule has 1 amide bonds. The normalized spacial score (nSPS) is 13.5. The van der Waals surface area contributed by atoms with Crippen molar-refractivity contribution in [3.05, 3.63) is 71.2 Å². The molecule has 32 heavy (non-hydrogen) atoms. The summed E-state index contributed by atoms with van der Waals surface area (Å²) in [6, 6.07) is 19.9. The summed E-state index contributed by atoms with van der Waals surface area (Å²) in [6.07, 6.45) is 2.19. The number of hydrogen-bond donors (Lipinski definition) is 1. The third-order valence-corrected chi connectivity index (χ3v) is 6.64. The number of amides is 1. The first-order valence-corrected chi connectivity index (χ1v) is 11.2. The maximum absolute atomic E-state index is 13.0. The predicted octanol–water partition coefficient (Wildman–Crippen LogP) is 4.64. The van der Waals surface area contributed by atoms with E-state index < -0.39 is 0 Å². The van der Waals surface area contributed by atoms with Crippen molar-refractivity contribution < 1.29 is 4.79 Å². The maximum atomic E-state index is 13.0. The summed E-state index contributed by atoms with van der Waals surface area (Å²) >= 11 is 1.44. The van der Waals surface area contributed by atoms with Gasteiger partial charge in [0.05, 0.1) is 22.3 Å². The Kier molecular flexibility index (Phi) is 4.36. The molecule has 0 spiro atoms. The standard InChI is InChI=1S/C23H19N7OS/c1-14-19-13-20(32-23(19)30(26-14)17-8-3-2-4-9-17)22(31)24-16-7-5-6-15(12-16)21-25-27-28-29(21)18-10-11-18/h2-9,12-13,18H,10-11H2,1H3,(H,24,31). The van der Waals surface area contributed by atoms with Crippen molar-refractivity contribution in [2.75, 3.05) is 5.32 Å². The van der Waals surface area contributed by atoms with Gasteiger partial charge < -0.3 is 5.32 Å². The summed E-state index contributed by atoms with van der Waals surface area (Å²) in [6.45, 7) is 1.96. The fourth-order valence-corrected chi connectivity index (χ4v) is 4.86. The fraction of sp³-hybridized carbons (Fsp3) is 0.174. The fourth-order valence-electron chi connectivity index (χ4n) is 3.78. The molecule has 3 aromatic heterocycles. The van der Waals surface area contributed by atoms with Gasteiger partial charge >= 0.3 is 0 Å². The van der Waals surface area contributed by atoms with Gasteiger partial charge in [0.1, 0.15) is 4.83 Å². The average molecular weight is 442 g/mol. The van der Waals surface area contributed by atoms with Crippen LogP contribution in [-0.4, -0.2) is 35.9 Å². The lowest BCUT2D eigenvalue weighted by atomic mass is 10.2. The number of fused-ring (bicyclic) bond motifs is 1. The highest BCUT2D eigenvalue weighted by Crippen LogP contribution is 2.37. The van der Waals surface area contributed by atoms with E-state index in [0.29, 0.717) is 16.6 Å². The molecule has 6 rings (SSSR count). The molecule has 3 heterocycles. The van der Waals surface area contributed by atoms with Gasteiger partial charge in [0.15, 0.2) is 5.82 Å². The first-order valence-electron chi connectivity index (χ1n) is 10.4.